The van der Waals surface area contributed by atoms with Gasteiger partial charge in [-0.2, -0.15) is 9.97 Å². The number of anilines is 1. The number of amides is 2. The Morgan fingerprint density at radius 2 is 1.80 bits per heavy atom. The van der Waals surface area contributed by atoms with Crippen molar-refractivity contribution in [3.63, 3.8) is 0 Å². The number of aliphatic hydroxyl groups excluding tert-OH is 1. The van der Waals surface area contributed by atoms with Crippen LogP contribution < -0.4 is 25.0 Å². The maximum absolute atomic E-state index is 17.2. The predicted octanol–water partition coefficient (Wildman–Crippen LogP) is 8.46. The molecule has 6 aromatic rings. The van der Waals surface area contributed by atoms with Crippen LogP contribution in [0.4, 0.5) is 10.2 Å². The van der Waals surface area contributed by atoms with Crippen molar-refractivity contribution in [3.05, 3.63) is 87.6 Å². The number of thiazole rings is 1. The minimum atomic E-state index is -0.865. The molecule has 76 heavy (non-hydrogen) atoms. The number of nitrogens with zero attached hydrogens (tertiary/aromatic N) is 8. The highest BCUT2D eigenvalue weighted by atomic mass is 35.5. The third-order valence-electron chi connectivity index (χ3n) is 16.8. The fourth-order valence-electron chi connectivity index (χ4n) is 12.8. The van der Waals surface area contributed by atoms with Crippen molar-refractivity contribution in [2.75, 3.05) is 44.3 Å². The Hall–Kier alpha value is -5.99. The number of phenols is 1. The summed E-state index contributed by atoms with van der Waals surface area (Å²) in [6, 6.07) is 12.3. The molecule has 6 aliphatic rings. The van der Waals surface area contributed by atoms with Crippen LogP contribution in [0.5, 0.6) is 17.6 Å². The number of rotatable bonds is 16. The lowest BCUT2D eigenvalue weighted by molar-refractivity contribution is -0.141. The summed E-state index contributed by atoms with van der Waals surface area (Å²) < 4.78 is 36.0. The number of aryl methyl sites for hydroxylation is 1. The van der Waals surface area contributed by atoms with E-state index in [4.69, 9.17) is 35.6 Å². The number of aromatic hydroxyl groups is 1. The molecular weight excluding hydrogens is 1010 g/mol. The van der Waals surface area contributed by atoms with Crippen LogP contribution in [0.1, 0.15) is 119 Å². The highest BCUT2D eigenvalue weighted by Crippen LogP contribution is 2.50. The molecule has 1 saturated carbocycles. The van der Waals surface area contributed by atoms with Gasteiger partial charge in [-0.25, -0.2) is 9.37 Å². The number of β-amino-alcohol motifs (C(OH)–C–C–N with tert-alkyl or cyclic N) is 1. The average Bonchev–Trinajstić information content (AvgIpc) is 3.95. The van der Waals surface area contributed by atoms with Crippen molar-refractivity contribution in [2.24, 2.45) is 5.92 Å². The molecule has 2 aromatic carbocycles. The van der Waals surface area contributed by atoms with Crippen molar-refractivity contribution < 1.29 is 38.2 Å². The van der Waals surface area contributed by atoms with Gasteiger partial charge in [0.1, 0.15) is 48.0 Å². The molecule has 0 spiro atoms. The van der Waals surface area contributed by atoms with Gasteiger partial charge >= 0.3 is 6.01 Å². The Bertz CT molecular complexity index is 3160. The third-order valence-corrected chi connectivity index (χ3v) is 18.1. The molecule has 12 rings (SSSR count). The Morgan fingerprint density at radius 1 is 1.01 bits per heavy atom. The zero-order chi connectivity index (χ0) is 52.6. The lowest BCUT2D eigenvalue weighted by Gasteiger charge is -2.35. The number of nitrogens with one attached hydrogen (secondary N) is 2. The van der Waals surface area contributed by atoms with Crippen molar-refractivity contribution in [3.8, 4) is 39.3 Å². The molecule has 4 aromatic heterocycles. The summed E-state index contributed by atoms with van der Waals surface area (Å²) >= 11 is 8.26. The van der Waals surface area contributed by atoms with Crippen molar-refractivity contribution in [2.45, 2.75) is 139 Å². The maximum Gasteiger partial charge on any atom is 0.319 e. The summed E-state index contributed by atoms with van der Waals surface area (Å²) in [5.74, 6) is -0.982. The van der Waals surface area contributed by atoms with E-state index in [-0.39, 0.29) is 83.1 Å². The topological polar surface area (TPSA) is 204 Å². The zero-order valence-corrected chi connectivity index (χ0v) is 44.7. The number of hydrogen-bond donors (Lipinski definition) is 4. The SMILES string of the molecule is Cc1ncsc1-c1ccc([C@H](C)NC(=O)[C@@H]2C[C@@H](O)CN2C(=O)[C@@H](c2cc(OC[C@@H]3CC[C@]4(COc5nc(N6CC7CCC(C6)N7)c6cnc(-c7cc(O)cc(Cl)c7C7CC7)c(F)c6n5)CCCN34)no2)C(C)C)cc1. The van der Waals surface area contributed by atoms with E-state index >= 15 is 4.39 Å². The first-order valence-corrected chi connectivity index (χ1v) is 28.1. The van der Waals surface area contributed by atoms with Crippen LogP contribution in [-0.2, 0) is 9.59 Å². The predicted molar refractivity (Wildman–Crippen MR) is 285 cm³/mol. The highest BCUT2D eigenvalue weighted by Gasteiger charge is 2.51. The largest absolute Gasteiger partial charge is 0.508 e. The van der Waals surface area contributed by atoms with Gasteiger partial charge in [-0.1, -0.05) is 49.7 Å². The lowest BCUT2D eigenvalue weighted by Crippen LogP contribution is -2.51. The second kappa shape index (κ2) is 20.4. The van der Waals surface area contributed by atoms with Crippen LogP contribution in [0.2, 0.25) is 5.02 Å². The summed E-state index contributed by atoms with van der Waals surface area (Å²) in [5.41, 5.74) is 5.89. The van der Waals surface area contributed by atoms with E-state index in [1.54, 1.807) is 23.6 Å². The number of carbonyl (C=O) groups excluding carboxylic acids is 2. The second-order valence-corrected chi connectivity index (χ2v) is 23.6. The Labute approximate surface area is 449 Å². The molecule has 1 aliphatic carbocycles. The number of benzene rings is 2. The van der Waals surface area contributed by atoms with Crippen LogP contribution in [0, 0.1) is 18.7 Å². The molecule has 5 saturated heterocycles. The van der Waals surface area contributed by atoms with Gasteiger partial charge in [0.2, 0.25) is 11.8 Å². The van der Waals surface area contributed by atoms with E-state index in [2.05, 4.69) is 35.6 Å². The first-order chi connectivity index (χ1) is 36.7. The number of likely N-dealkylation sites (tertiary alicyclic amines) is 1. The van der Waals surface area contributed by atoms with Crippen LogP contribution >= 0.6 is 22.9 Å². The molecular formula is C56H64ClFN10O7S. The summed E-state index contributed by atoms with van der Waals surface area (Å²) in [7, 11) is 0. The molecule has 0 radical (unpaired) electrons. The monoisotopic (exact) mass is 1070 g/mol. The molecule has 2 unspecified atom stereocenters. The summed E-state index contributed by atoms with van der Waals surface area (Å²) in [6.45, 7) is 10.6. The second-order valence-electron chi connectivity index (χ2n) is 22.3. The molecule has 8 atom stereocenters. The smallest absolute Gasteiger partial charge is 0.319 e. The van der Waals surface area contributed by atoms with Gasteiger partial charge in [-0.3, -0.25) is 19.5 Å². The van der Waals surface area contributed by atoms with Gasteiger partial charge in [-0.15, -0.1) is 11.3 Å². The van der Waals surface area contributed by atoms with Crippen molar-refractivity contribution in [1.29, 1.82) is 0 Å². The number of carbonyl (C=O) groups is 2. The Kier molecular flexibility index (Phi) is 13.7. The standard InChI is InChI=1S/C56H64ClFN10O7S/c1-29(2)46(54(72)67-25-39(70)20-43(67)53(71)61-30(3)32-6-10-34(11-7-32)51-31(4)60-28-76-51)44-21-45(65-75-44)73-26-37-14-16-56(15-5-17-68(37)56)27-74-55-63-50-41(52(64-55)66-23-35-12-13-36(24-66)62-35)22-59-49(48(50)58)40-18-38(69)19-42(57)47(40)33-8-9-33/h6-7,10-11,18-19,21-22,28-30,33,35-37,39,43,46,62,69-70H,5,8-9,12-17,20,23-27H2,1-4H3,(H,61,71)/t30-,35?,36?,37-,39+,43-,46+,56-/m0/s1. The van der Waals surface area contributed by atoms with E-state index < -0.39 is 23.9 Å². The first-order valence-electron chi connectivity index (χ1n) is 26.9. The number of hydrogen-bond acceptors (Lipinski definition) is 16. The summed E-state index contributed by atoms with van der Waals surface area (Å²) in [4.78, 5) is 54.4. The number of halogens is 2. The first kappa shape index (κ1) is 50.8. The van der Waals surface area contributed by atoms with E-state index in [1.165, 1.54) is 17.0 Å². The number of piperazine rings is 1. The Morgan fingerprint density at radius 3 is 2.54 bits per heavy atom. The van der Waals surface area contributed by atoms with Crippen molar-refractivity contribution in [1.82, 2.24) is 45.5 Å². The quantitative estimate of drug-likeness (QED) is 0.0718. The van der Waals surface area contributed by atoms with Crippen LogP contribution in [0.3, 0.4) is 0 Å². The van der Waals surface area contributed by atoms with Gasteiger partial charge < -0.3 is 44.6 Å². The molecule has 6 fully saturated rings. The molecule has 5 aliphatic heterocycles. The summed E-state index contributed by atoms with van der Waals surface area (Å²) in [5, 5.41) is 33.4. The zero-order valence-electron chi connectivity index (χ0n) is 43.2. The van der Waals surface area contributed by atoms with Gasteiger partial charge in [0, 0.05) is 67.0 Å². The van der Waals surface area contributed by atoms with Gasteiger partial charge in [0.05, 0.1) is 39.2 Å². The van der Waals surface area contributed by atoms with Crippen LogP contribution in [0.25, 0.3) is 32.6 Å². The van der Waals surface area contributed by atoms with E-state index in [0.717, 1.165) is 85.2 Å². The van der Waals surface area contributed by atoms with Crippen molar-refractivity contribution >= 4 is 51.5 Å². The van der Waals surface area contributed by atoms with Gasteiger partial charge in [0.25, 0.3) is 5.88 Å². The number of pyridine rings is 1. The number of aromatic nitrogens is 5. The lowest BCUT2D eigenvalue weighted by atomic mass is 9.91. The maximum atomic E-state index is 17.2. The highest BCUT2D eigenvalue weighted by molar-refractivity contribution is 7.13. The average molecular weight is 1080 g/mol. The third kappa shape index (κ3) is 9.64. The number of ether oxygens (including phenoxy) is 2. The number of fused-ring (bicyclic) bond motifs is 4. The van der Waals surface area contributed by atoms with Gasteiger partial charge in [0.15, 0.2) is 11.6 Å². The van der Waals surface area contributed by atoms with E-state index in [0.29, 0.717) is 65.9 Å². The molecule has 20 heteroatoms. The fraction of sp³-hybridized carbons (Fsp3) is 0.518. The van der Waals surface area contributed by atoms with Crippen LogP contribution in [-0.4, -0.2) is 132 Å². The number of phenolic OH excluding ortho intramolecular Hbond substituents is 1. The van der Waals surface area contributed by atoms with E-state index in [1.807, 2.05) is 57.5 Å². The summed E-state index contributed by atoms with van der Waals surface area (Å²) in [6.07, 6.45) is 8.43. The Balaban J connectivity index is 0.721. The molecule has 4 N–H and O–H groups in total. The molecule has 400 valence electrons. The molecule has 17 nitrogen and oxygen atoms in total. The fourth-order valence-corrected chi connectivity index (χ4v) is 14.0. The molecule has 2 bridgehead atoms. The van der Waals surface area contributed by atoms with Crippen LogP contribution in [0.15, 0.2) is 58.7 Å². The minimum absolute atomic E-state index is 0.0234. The number of aliphatic hydroxyl groups is 1. The molecule has 9 heterocycles. The van der Waals surface area contributed by atoms with E-state index in [9.17, 15) is 19.8 Å². The minimum Gasteiger partial charge on any atom is -0.508 e. The molecule has 2 amide bonds. The normalized spacial score (nSPS) is 25.1. The van der Waals surface area contributed by atoms with Gasteiger partial charge in [-0.05, 0) is 118 Å².